The predicted octanol–water partition coefficient (Wildman–Crippen LogP) is 0.947. The van der Waals surface area contributed by atoms with Crippen LogP contribution in [0.1, 0.15) is 39.5 Å². The van der Waals surface area contributed by atoms with Crippen molar-refractivity contribution in [3.8, 4) is 0 Å². The SMILES string of the molecule is COC(=O)CCCNC(=O)CC(C)(C)CC(=O)O. The molecule has 1 amide bonds. The molecule has 0 aliphatic carbocycles. The molecule has 6 heteroatoms. The Morgan fingerprint density at radius 1 is 1.22 bits per heavy atom. The highest BCUT2D eigenvalue weighted by atomic mass is 16.5. The normalized spacial score (nSPS) is 10.8. The number of esters is 1. The van der Waals surface area contributed by atoms with E-state index in [0.717, 1.165) is 0 Å². The van der Waals surface area contributed by atoms with Crippen LogP contribution in [0, 0.1) is 5.41 Å². The number of rotatable bonds is 8. The van der Waals surface area contributed by atoms with Crippen molar-refractivity contribution >= 4 is 17.8 Å². The fourth-order valence-corrected chi connectivity index (χ4v) is 1.53. The Hall–Kier alpha value is -1.59. The van der Waals surface area contributed by atoms with Crippen LogP contribution in [-0.4, -0.2) is 36.6 Å². The minimum atomic E-state index is -0.918. The maximum absolute atomic E-state index is 11.5. The molecule has 0 saturated heterocycles. The average molecular weight is 259 g/mol. The number of carbonyl (C=O) groups excluding carboxylic acids is 2. The van der Waals surface area contributed by atoms with Crippen molar-refractivity contribution in [3.63, 3.8) is 0 Å². The van der Waals surface area contributed by atoms with Gasteiger partial charge in [0.05, 0.1) is 13.5 Å². The topological polar surface area (TPSA) is 92.7 Å². The maximum atomic E-state index is 11.5. The monoisotopic (exact) mass is 259 g/mol. The molecule has 0 aromatic carbocycles. The van der Waals surface area contributed by atoms with Gasteiger partial charge >= 0.3 is 11.9 Å². The molecule has 0 saturated carbocycles. The van der Waals surface area contributed by atoms with Crippen LogP contribution in [0.25, 0.3) is 0 Å². The molecule has 0 aliphatic heterocycles. The highest BCUT2D eigenvalue weighted by Gasteiger charge is 2.24. The van der Waals surface area contributed by atoms with E-state index in [1.807, 2.05) is 0 Å². The zero-order valence-corrected chi connectivity index (χ0v) is 11.1. The summed E-state index contributed by atoms with van der Waals surface area (Å²) in [6.07, 6.45) is 0.868. The first kappa shape index (κ1) is 16.4. The van der Waals surface area contributed by atoms with Gasteiger partial charge in [-0.05, 0) is 11.8 Å². The van der Waals surface area contributed by atoms with E-state index in [2.05, 4.69) is 10.1 Å². The number of methoxy groups -OCH3 is 1. The van der Waals surface area contributed by atoms with E-state index in [4.69, 9.17) is 5.11 Å². The van der Waals surface area contributed by atoms with Gasteiger partial charge in [0, 0.05) is 19.4 Å². The first-order valence-corrected chi connectivity index (χ1v) is 5.82. The summed E-state index contributed by atoms with van der Waals surface area (Å²) < 4.78 is 4.46. The number of carboxylic acid groups (broad SMARTS) is 1. The lowest BCUT2D eigenvalue weighted by molar-refractivity contribution is -0.141. The molecule has 0 atom stereocenters. The van der Waals surface area contributed by atoms with Gasteiger partial charge in [-0.15, -0.1) is 0 Å². The van der Waals surface area contributed by atoms with Gasteiger partial charge in [0.25, 0.3) is 0 Å². The smallest absolute Gasteiger partial charge is 0.305 e. The Kier molecular flexibility index (Phi) is 7.00. The molecular formula is C12H21NO5. The van der Waals surface area contributed by atoms with Crippen molar-refractivity contribution < 1.29 is 24.2 Å². The molecule has 0 aromatic rings. The number of ether oxygens (including phenoxy) is 1. The van der Waals surface area contributed by atoms with Crippen LogP contribution in [0.5, 0.6) is 0 Å². The lowest BCUT2D eigenvalue weighted by Crippen LogP contribution is -2.31. The summed E-state index contributed by atoms with van der Waals surface area (Å²) in [4.78, 5) is 32.9. The van der Waals surface area contributed by atoms with Gasteiger partial charge < -0.3 is 15.2 Å². The van der Waals surface area contributed by atoms with Crippen LogP contribution < -0.4 is 5.32 Å². The molecule has 0 heterocycles. The van der Waals surface area contributed by atoms with Crippen LogP contribution in [-0.2, 0) is 19.1 Å². The molecule has 0 aromatic heterocycles. The summed E-state index contributed by atoms with van der Waals surface area (Å²) in [7, 11) is 1.31. The van der Waals surface area contributed by atoms with Crippen LogP contribution in [0.15, 0.2) is 0 Å². The van der Waals surface area contributed by atoms with Crippen LogP contribution in [0.3, 0.4) is 0 Å². The van der Waals surface area contributed by atoms with E-state index in [0.29, 0.717) is 13.0 Å². The molecule has 2 N–H and O–H groups in total. The number of hydrogen-bond acceptors (Lipinski definition) is 4. The summed E-state index contributed by atoms with van der Waals surface area (Å²) in [5.74, 6) is -1.43. The molecule has 0 aliphatic rings. The average Bonchev–Trinajstić information content (AvgIpc) is 2.21. The number of amides is 1. The van der Waals surface area contributed by atoms with Crippen molar-refractivity contribution in [3.05, 3.63) is 0 Å². The molecule has 0 bridgehead atoms. The molecule has 104 valence electrons. The lowest BCUT2D eigenvalue weighted by atomic mass is 9.85. The van der Waals surface area contributed by atoms with E-state index in [1.54, 1.807) is 13.8 Å². The van der Waals surface area contributed by atoms with E-state index in [9.17, 15) is 14.4 Å². The number of carbonyl (C=O) groups is 3. The summed E-state index contributed by atoms with van der Waals surface area (Å²) in [5, 5.41) is 11.3. The van der Waals surface area contributed by atoms with Crippen molar-refractivity contribution in [2.24, 2.45) is 5.41 Å². The highest BCUT2D eigenvalue weighted by molar-refractivity contribution is 5.78. The second-order valence-corrected chi connectivity index (χ2v) is 4.94. The van der Waals surface area contributed by atoms with Crippen LogP contribution in [0.2, 0.25) is 0 Å². The van der Waals surface area contributed by atoms with Crippen molar-refractivity contribution in [1.82, 2.24) is 5.32 Å². The third-order valence-corrected chi connectivity index (χ3v) is 2.38. The molecule has 18 heavy (non-hydrogen) atoms. The fraction of sp³-hybridized carbons (Fsp3) is 0.750. The third kappa shape index (κ3) is 8.55. The Labute approximate surface area is 107 Å². The molecule has 0 spiro atoms. The number of aliphatic carboxylic acids is 1. The van der Waals surface area contributed by atoms with Gasteiger partial charge in [0.2, 0.25) is 5.91 Å². The van der Waals surface area contributed by atoms with Crippen molar-refractivity contribution in [2.45, 2.75) is 39.5 Å². The van der Waals surface area contributed by atoms with Crippen molar-refractivity contribution in [2.75, 3.05) is 13.7 Å². The van der Waals surface area contributed by atoms with Gasteiger partial charge in [-0.3, -0.25) is 14.4 Å². The van der Waals surface area contributed by atoms with Gasteiger partial charge in [0.15, 0.2) is 0 Å². The third-order valence-electron chi connectivity index (χ3n) is 2.38. The molecule has 0 fully saturated rings. The maximum Gasteiger partial charge on any atom is 0.305 e. The zero-order chi connectivity index (χ0) is 14.2. The van der Waals surface area contributed by atoms with Crippen LogP contribution >= 0.6 is 0 Å². The Bertz CT molecular complexity index is 312. The van der Waals surface area contributed by atoms with Crippen LogP contribution in [0.4, 0.5) is 0 Å². The number of hydrogen-bond donors (Lipinski definition) is 2. The van der Waals surface area contributed by atoms with Crippen molar-refractivity contribution in [1.29, 1.82) is 0 Å². The van der Waals surface area contributed by atoms with Gasteiger partial charge in [0.1, 0.15) is 0 Å². The minimum absolute atomic E-state index is 0.0530. The fourth-order valence-electron chi connectivity index (χ4n) is 1.53. The summed E-state index contributed by atoms with van der Waals surface area (Å²) >= 11 is 0. The molecule has 0 rings (SSSR count). The van der Waals surface area contributed by atoms with E-state index >= 15 is 0 Å². The highest BCUT2D eigenvalue weighted by Crippen LogP contribution is 2.24. The number of nitrogens with one attached hydrogen (secondary N) is 1. The Morgan fingerprint density at radius 3 is 2.33 bits per heavy atom. The minimum Gasteiger partial charge on any atom is -0.481 e. The second kappa shape index (κ2) is 7.68. The summed E-state index contributed by atoms with van der Waals surface area (Å²) in [5.41, 5.74) is -0.571. The van der Waals surface area contributed by atoms with E-state index in [-0.39, 0.29) is 31.1 Å². The molecular weight excluding hydrogens is 238 g/mol. The molecule has 0 radical (unpaired) electrons. The van der Waals surface area contributed by atoms with Gasteiger partial charge in [-0.25, -0.2) is 0 Å². The number of carboxylic acids is 1. The second-order valence-electron chi connectivity index (χ2n) is 4.94. The Morgan fingerprint density at radius 2 is 1.83 bits per heavy atom. The quantitative estimate of drug-likeness (QED) is 0.500. The van der Waals surface area contributed by atoms with E-state index in [1.165, 1.54) is 7.11 Å². The largest absolute Gasteiger partial charge is 0.481 e. The lowest BCUT2D eigenvalue weighted by Gasteiger charge is -2.21. The van der Waals surface area contributed by atoms with Gasteiger partial charge in [-0.1, -0.05) is 13.8 Å². The van der Waals surface area contributed by atoms with E-state index < -0.39 is 11.4 Å². The first-order chi connectivity index (χ1) is 8.26. The zero-order valence-electron chi connectivity index (χ0n) is 11.1. The molecule has 0 unspecified atom stereocenters. The Balaban J connectivity index is 3.83. The summed E-state index contributed by atoms with van der Waals surface area (Å²) in [6.45, 7) is 3.85. The predicted molar refractivity (Wildman–Crippen MR) is 64.9 cm³/mol. The molecule has 6 nitrogen and oxygen atoms in total. The standard InChI is InChI=1S/C12H21NO5/c1-12(2,8-10(15)16)7-9(14)13-6-4-5-11(17)18-3/h4-8H2,1-3H3,(H,13,14)(H,15,16). The summed E-state index contributed by atoms with van der Waals surface area (Å²) in [6, 6.07) is 0. The first-order valence-electron chi connectivity index (χ1n) is 5.82. The van der Waals surface area contributed by atoms with Gasteiger partial charge in [-0.2, -0.15) is 0 Å².